The van der Waals surface area contributed by atoms with Crippen LogP contribution in [0.3, 0.4) is 0 Å². The van der Waals surface area contributed by atoms with Crippen LogP contribution >= 0.6 is 0 Å². The summed E-state index contributed by atoms with van der Waals surface area (Å²) in [7, 11) is 0. The zero-order valence-electron chi connectivity index (χ0n) is 12.6. The summed E-state index contributed by atoms with van der Waals surface area (Å²) in [6, 6.07) is 15.7. The minimum atomic E-state index is -0.544. The van der Waals surface area contributed by atoms with Gasteiger partial charge < -0.3 is 9.84 Å². The standard InChI is InChI=1S/C18H22O2/c1-13(19)16-10-5-6-11-17(16)20-15-9-7-8-14(12-15)18(2,3)4/h5-13,19H,1-4H3/t13-/m0/s1. The van der Waals surface area contributed by atoms with E-state index in [1.165, 1.54) is 5.56 Å². The Morgan fingerprint density at radius 3 is 2.35 bits per heavy atom. The number of ether oxygens (including phenoxy) is 1. The first-order valence-electron chi connectivity index (χ1n) is 6.93. The molecule has 2 aromatic carbocycles. The summed E-state index contributed by atoms with van der Waals surface area (Å²) < 4.78 is 5.95. The van der Waals surface area contributed by atoms with Crippen LogP contribution in [-0.4, -0.2) is 5.11 Å². The lowest BCUT2D eigenvalue weighted by Gasteiger charge is -2.20. The van der Waals surface area contributed by atoms with Gasteiger partial charge in [-0.15, -0.1) is 0 Å². The van der Waals surface area contributed by atoms with E-state index in [2.05, 4.69) is 32.9 Å². The van der Waals surface area contributed by atoms with Gasteiger partial charge in [0.1, 0.15) is 11.5 Å². The van der Waals surface area contributed by atoms with E-state index in [0.29, 0.717) is 5.75 Å². The number of hydrogen-bond donors (Lipinski definition) is 1. The first-order chi connectivity index (χ1) is 9.38. The summed E-state index contributed by atoms with van der Waals surface area (Å²) in [5.41, 5.74) is 2.11. The molecule has 0 radical (unpaired) electrons. The average molecular weight is 270 g/mol. The Kier molecular flexibility index (Phi) is 4.15. The van der Waals surface area contributed by atoms with Gasteiger partial charge in [0.2, 0.25) is 0 Å². The van der Waals surface area contributed by atoms with Crippen molar-refractivity contribution in [3.05, 3.63) is 59.7 Å². The van der Waals surface area contributed by atoms with Gasteiger partial charge in [-0.05, 0) is 36.1 Å². The van der Waals surface area contributed by atoms with Crippen LogP contribution in [0.4, 0.5) is 0 Å². The molecule has 2 nitrogen and oxygen atoms in total. The highest BCUT2D eigenvalue weighted by atomic mass is 16.5. The summed E-state index contributed by atoms with van der Waals surface area (Å²) in [6.45, 7) is 8.27. The fourth-order valence-electron chi connectivity index (χ4n) is 2.07. The molecular weight excluding hydrogens is 248 g/mol. The Bertz CT molecular complexity index is 580. The van der Waals surface area contributed by atoms with Crippen molar-refractivity contribution >= 4 is 0 Å². The smallest absolute Gasteiger partial charge is 0.133 e. The Hall–Kier alpha value is -1.80. The third-order valence-electron chi connectivity index (χ3n) is 3.30. The SMILES string of the molecule is C[C@H](O)c1ccccc1Oc1cccc(C(C)(C)C)c1. The molecule has 1 atom stereocenters. The normalized spacial score (nSPS) is 13.1. The molecule has 0 aromatic heterocycles. The van der Waals surface area contributed by atoms with E-state index in [1.54, 1.807) is 6.92 Å². The highest BCUT2D eigenvalue weighted by molar-refractivity contribution is 5.40. The van der Waals surface area contributed by atoms with Crippen molar-refractivity contribution < 1.29 is 9.84 Å². The lowest BCUT2D eigenvalue weighted by atomic mass is 9.87. The van der Waals surface area contributed by atoms with Gasteiger partial charge in [-0.2, -0.15) is 0 Å². The van der Waals surface area contributed by atoms with Crippen LogP contribution in [0.2, 0.25) is 0 Å². The average Bonchev–Trinajstić information content (AvgIpc) is 2.38. The highest BCUT2D eigenvalue weighted by Gasteiger charge is 2.15. The molecule has 2 rings (SSSR count). The van der Waals surface area contributed by atoms with E-state index >= 15 is 0 Å². The first-order valence-corrected chi connectivity index (χ1v) is 6.93. The van der Waals surface area contributed by atoms with Gasteiger partial charge in [0.25, 0.3) is 0 Å². The Labute approximate surface area is 121 Å². The van der Waals surface area contributed by atoms with Crippen molar-refractivity contribution in [2.24, 2.45) is 0 Å². The molecule has 0 saturated heterocycles. The van der Waals surface area contributed by atoms with Crippen molar-refractivity contribution in [2.45, 2.75) is 39.2 Å². The molecular formula is C18H22O2. The molecule has 0 saturated carbocycles. The Morgan fingerprint density at radius 2 is 1.70 bits per heavy atom. The predicted octanol–water partition coefficient (Wildman–Crippen LogP) is 4.83. The van der Waals surface area contributed by atoms with Crippen molar-refractivity contribution in [3.8, 4) is 11.5 Å². The maximum Gasteiger partial charge on any atom is 0.133 e. The van der Waals surface area contributed by atoms with E-state index in [0.717, 1.165) is 11.3 Å². The largest absolute Gasteiger partial charge is 0.457 e. The van der Waals surface area contributed by atoms with Crippen molar-refractivity contribution in [2.75, 3.05) is 0 Å². The summed E-state index contributed by atoms with van der Waals surface area (Å²) in [6.07, 6.45) is -0.544. The van der Waals surface area contributed by atoms with Crippen molar-refractivity contribution in [3.63, 3.8) is 0 Å². The van der Waals surface area contributed by atoms with Gasteiger partial charge in [0, 0.05) is 5.56 Å². The molecule has 0 spiro atoms. The molecule has 0 fully saturated rings. The fourth-order valence-corrected chi connectivity index (χ4v) is 2.07. The third-order valence-corrected chi connectivity index (χ3v) is 3.30. The number of benzene rings is 2. The summed E-state index contributed by atoms with van der Waals surface area (Å²) in [5.74, 6) is 1.50. The van der Waals surface area contributed by atoms with Gasteiger partial charge in [-0.25, -0.2) is 0 Å². The summed E-state index contributed by atoms with van der Waals surface area (Å²) in [4.78, 5) is 0. The van der Waals surface area contributed by atoms with Crippen molar-refractivity contribution in [1.29, 1.82) is 0 Å². The zero-order chi connectivity index (χ0) is 14.8. The lowest BCUT2D eigenvalue weighted by molar-refractivity contribution is 0.195. The molecule has 1 N–H and O–H groups in total. The molecule has 0 amide bonds. The maximum atomic E-state index is 9.79. The van der Waals surface area contributed by atoms with Crippen LogP contribution in [0.25, 0.3) is 0 Å². The van der Waals surface area contributed by atoms with E-state index in [9.17, 15) is 5.11 Å². The Balaban J connectivity index is 2.31. The molecule has 0 unspecified atom stereocenters. The molecule has 2 heteroatoms. The molecule has 2 aromatic rings. The molecule has 0 aliphatic carbocycles. The fraction of sp³-hybridized carbons (Fsp3) is 0.333. The van der Waals surface area contributed by atoms with Gasteiger partial charge >= 0.3 is 0 Å². The number of para-hydroxylation sites is 1. The number of hydrogen-bond acceptors (Lipinski definition) is 2. The number of aliphatic hydroxyl groups is 1. The maximum absolute atomic E-state index is 9.79. The minimum Gasteiger partial charge on any atom is -0.457 e. The van der Waals surface area contributed by atoms with Crippen molar-refractivity contribution in [1.82, 2.24) is 0 Å². The van der Waals surface area contributed by atoms with E-state index in [4.69, 9.17) is 4.74 Å². The number of aliphatic hydroxyl groups excluding tert-OH is 1. The van der Waals surface area contributed by atoms with Gasteiger partial charge in [0.05, 0.1) is 6.10 Å². The van der Waals surface area contributed by atoms with Crippen LogP contribution in [0.5, 0.6) is 11.5 Å². The zero-order valence-corrected chi connectivity index (χ0v) is 12.6. The van der Waals surface area contributed by atoms with E-state index in [1.807, 2.05) is 36.4 Å². The third kappa shape index (κ3) is 3.40. The van der Waals surface area contributed by atoms with Gasteiger partial charge in [-0.1, -0.05) is 51.1 Å². The molecule has 20 heavy (non-hydrogen) atoms. The topological polar surface area (TPSA) is 29.5 Å². The molecule has 0 aliphatic rings. The summed E-state index contributed by atoms with van der Waals surface area (Å²) >= 11 is 0. The van der Waals surface area contributed by atoms with Gasteiger partial charge in [-0.3, -0.25) is 0 Å². The second kappa shape index (κ2) is 5.68. The predicted molar refractivity (Wildman–Crippen MR) is 82.3 cm³/mol. The monoisotopic (exact) mass is 270 g/mol. The van der Waals surface area contributed by atoms with Crippen LogP contribution in [-0.2, 0) is 5.41 Å². The highest BCUT2D eigenvalue weighted by Crippen LogP contribution is 2.31. The van der Waals surface area contributed by atoms with Gasteiger partial charge in [0.15, 0.2) is 0 Å². The molecule has 0 heterocycles. The molecule has 106 valence electrons. The second-order valence-electron chi connectivity index (χ2n) is 6.09. The summed E-state index contributed by atoms with van der Waals surface area (Å²) in [5, 5.41) is 9.79. The van der Waals surface area contributed by atoms with Crippen LogP contribution in [0.15, 0.2) is 48.5 Å². The van der Waals surface area contributed by atoms with Crippen LogP contribution in [0, 0.1) is 0 Å². The molecule has 0 aliphatic heterocycles. The van der Waals surface area contributed by atoms with E-state index in [-0.39, 0.29) is 5.41 Å². The first kappa shape index (κ1) is 14.6. The number of rotatable bonds is 3. The lowest BCUT2D eigenvalue weighted by Crippen LogP contribution is -2.10. The molecule has 0 bridgehead atoms. The minimum absolute atomic E-state index is 0.0865. The van der Waals surface area contributed by atoms with E-state index < -0.39 is 6.10 Å². The van der Waals surface area contributed by atoms with Crippen LogP contribution in [0.1, 0.15) is 44.9 Å². The quantitative estimate of drug-likeness (QED) is 0.865. The van der Waals surface area contributed by atoms with Crippen LogP contribution < -0.4 is 4.74 Å². The Morgan fingerprint density at radius 1 is 1.00 bits per heavy atom. The second-order valence-corrected chi connectivity index (χ2v) is 6.09.